The van der Waals surface area contributed by atoms with Crippen LogP contribution in [0.4, 0.5) is 0 Å². The van der Waals surface area contributed by atoms with Gasteiger partial charge < -0.3 is 10.3 Å². The summed E-state index contributed by atoms with van der Waals surface area (Å²) in [5, 5.41) is 0. The van der Waals surface area contributed by atoms with Crippen LogP contribution in [0.5, 0.6) is 0 Å². The van der Waals surface area contributed by atoms with Crippen LogP contribution in [0.25, 0.3) is 0 Å². The second-order valence-corrected chi connectivity index (χ2v) is 4.40. The predicted molar refractivity (Wildman–Crippen MR) is 58.8 cm³/mol. The number of hydrogen-bond acceptors (Lipinski definition) is 2. The highest BCUT2D eigenvalue weighted by molar-refractivity contribution is 5.02. The van der Waals surface area contributed by atoms with Crippen LogP contribution in [-0.2, 0) is 7.05 Å². The number of hydrogen-bond donors (Lipinski definition) is 1. The quantitative estimate of drug-likeness (QED) is 0.783. The van der Waals surface area contributed by atoms with E-state index in [2.05, 4.69) is 18.8 Å². The van der Waals surface area contributed by atoms with Gasteiger partial charge in [-0.2, -0.15) is 0 Å². The molecule has 0 bridgehead atoms. The maximum absolute atomic E-state index is 6.02. The van der Waals surface area contributed by atoms with Gasteiger partial charge in [0.15, 0.2) is 0 Å². The highest BCUT2D eigenvalue weighted by Crippen LogP contribution is 2.16. The summed E-state index contributed by atoms with van der Waals surface area (Å²) in [7, 11) is 1.97. The molecule has 3 heteroatoms. The van der Waals surface area contributed by atoms with Gasteiger partial charge in [-0.15, -0.1) is 0 Å². The maximum atomic E-state index is 6.02. The lowest BCUT2D eigenvalue weighted by atomic mass is 10.0. The van der Waals surface area contributed by atoms with Crippen molar-refractivity contribution in [3.05, 3.63) is 18.2 Å². The molecule has 0 aliphatic rings. The van der Waals surface area contributed by atoms with Gasteiger partial charge in [0.05, 0.1) is 12.0 Å². The van der Waals surface area contributed by atoms with Crippen molar-refractivity contribution in [1.29, 1.82) is 0 Å². The zero-order valence-electron chi connectivity index (χ0n) is 9.40. The summed E-state index contributed by atoms with van der Waals surface area (Å²) >= 11 is 0. The SMILES string of the molecule is CC(C)CCCC(N)c1cn(C)cn1. The fourth-order valence-electron chi connectivity index (χ4n) is 1.52. The fraction of sp³-hybridized carbons (Fsp3) is 0.727. The highest BCUT2D eigenvalue weighted by Gasteiger charge is 2.08. The summed E-state index contributed by atoms with van der Waals surface area (Å²) in [6.07, 6.45) is 7.28. The van der Waals surface area contributed by atoms with E-state index in [1.165, 1.54) is 12.8 Å². The minimum Gasteiger partial charge on any atom is -0.340 e. The minimum atomic E-state index is 0.106. The maximum Gasteiger partial charge on any atom is 0.0947 e. The van der Waals surface area contributed by atoms with Crippen LogP contribution in [-0.4, -0.2) is 9.55 Å². The fourth-order valence-corrected chi connectivity index (χ4v) is 1.52. The van der Waals surface area contributed by atoms with E-state index in [9.17, 15) is 0 Å². The Kier molecular flexibility index (Phi) is 4.14. The molecule has 0 amide bonds. The van der Waals surface area contributed by atoms with Gasteiger partial charge in [0.1, 0.15) is 0 Å². The number of aryl methyl sites for hydroxylation is 1. The van der Waals surface area contributed by atoms with Gasteiger partial charge in [-0.1, -0.05) is 26.7 Å². The van der Waals surface area contributed by atoms with Crippen molar-refractivity contribution in [2.75, 3.05) is 0 Å². The van der Waals surface area contributed by atoms with Gasteiger partial charge in [0.2, 0.25) is 0 Å². The van der Waals surface area contributed by atoms with Crippen LogP contribution < -0.4 is 5.73 Å². The van der Waals surface area contributed by atoms with E-state index in [1.807, 2.05) is 17.8 Å². The molecule has 0 aliphatic heterocycles. The number of nitrogens with two attached hydrogens (primary N) is 1. The Balaban J connectivity index is 2.32. The molecule has 1 atom stereocenters. The first-order valence-electron chi connectivity index (χ1n) is 5.33. The van der Waals surface area contributed by atoms with Crippen molar-refractivity contribution in [2.24, 2.45) is 18.7 Å². The molecule has 14 heavy (non-hydrogen) atoms. The second-order valence-electron chi connectivity index (χ2n) is 4.40. The van der Waals surface area contributed by atoms with Crippen molar-refractivity contribution in [3.8, 4) is 0 Å². The molecule has 1 unspecified atom stereocenters. The summed E-state index contributed by atoms with van der Waals surface area (Å²) in [4.78, 5) is 4.25. The third-order valence-electron chi connectivity index (χ3n) is 2.40. The Bertz CT molecular complexity index is 265. The van der Waals surface area contributed by atoms with Crippen molar-refractivity contribution >= 4 is 0 Å². The summed E-state index contributed by atoms with van der Waals surface area (Å²) < 4.78 is 1.94. The van der Waals surface area contributed by atoms with Crippen LogP contribution in [0, 0.1) is 5.92 Å². The molecule has 1 rings (SSSR count). The molecule has 2 N–H and O–H groups in total. The van der Waals surface area contributed by atoms with Gasteiger partial charge in [-0.25, -0.2) is 4.98 Å². The molecule has 0 radical (unpaired) electrons. The van der Waals surface area contributed by atoms with E-state index >= 15 is 0 Å². The Morgan fingerprint density at radius 2 is 2.14 bits per heavy atom. The zero-order valence-corrected chi connectivity index (χ0v) is 9.40. The minimum absolute atomic E-state index is 0.106. The molecule has 0 saturated heterocycles. The average Bonchev–Trinajstić information content (AvgIpc) is 2.51. The molecule has 0 spiro atoms. The van der Waals surface area contributed by atoms with Crippen molar-refractivity contribution in [3.63, 3.8) is 0 Å². The van der Waals surface area contributed by atoms with E-state index in [-0.39, 0.29) is 6.04 Å². The van der Waals surface area contributed by atoms with E-state index < -0.39 is 0 Å². The molecule has 3 nitrogen and oxygen atoms in total. The average molecular weight is 195 g/mol. The summed E-state index contributed by atoms with van der Waals surface area (Å²) in [6, 6.07) is 0.106. The Hall–Kier alpha value is -0.830. The largest absolute Gasteiger partial charge is 0.340 e. The number of rotatable bonds is 5. The van der Waals surface area contributed by atoms with Gasteiger partial charge in [0.25, 0.3) is 0 Å². The lowest BCUT2D eigenvalue weighted by Crippen LogP contribution is -2.10. The van der Waals surface area contributed by atoms with Gasteiger partial charge in [-0.3, -0.25) is 0 Å². The van der Waals surface area contributed by atoms with Gasteiger partial charge in [-0.05, 0) is 12.3 Å². The highest BCUT2D eigenvalue weighted by atomic mass is 15.0. The summed E-state index contributed by atoms with van der Waals surface area (Å²) in [5.74, 6) is 0.769. The molecule has 1 aromatic rings. The van der Waals surface area contributed by atoms with Crippen LogP contribution in [0.1, 0.15) is 44.8 Å². The standard InChI is InChI=1S/C11H21N3/c1-9(2)5-4-6-10(12)11-7-14(3)8-13-11/h7-10H,4-6,12H2,1-3H3. The first kappa shape index (κ1) is 11.2. The Morgan fingerprint density at radius 1 is 1.43 bits per heavy atom. The third kappa shape index (κ3) is 3.50. The van der Waals surface area contributed by atoms with Gasteiger partial charge >= 0.3 is 0 Å². The molecule has 0 fully saturated rings. The monoisotopic (exact) mass is 195 g/mol. The Labute approximate surface area is 86.3 Å². The van der Waals surface area contributed by atoms with Crippen LogP contribution >= 0.6 is 0 Å². The lowest BCUT2D eigenvalue weighted by Gasteiger charge is -2.09. The molecule has 80 valence electrons. The Morgan fingerprint density at radius 3 is 2.64 bits per heavy atom. The topological polar surface area (TPSA) is 43.8 Å². The lowest BCUT2D eigenvalue weighted by molar-refractivity contribution is 0.502. The normalized spacial score (nSPS) is 13.5. The summed E-state index contributed by atoms with van der Waals surface area (Å²) in [5.41, 5.74) is 7.03. The van der Waals surface area contributed by atoms with Crippen LogP contribution in [0.2, 0.25) is 0 Å². The molecule has 0 saturated carbocycles. The molecule has 0 aromatic carbocycles. The number of imidazole rings is 1. The zero-order chi connectivity index (χ0) is 10.6. The first-order valence-corrected chi connectivity index (χ1v) is 5.33. The van der Waals surface area contributed by atoms with Crippen molar-refractivity contribution in [1.82, 2.24) is 9.55 Å². The number of nitrogens with zero attached hydrogens (tertiary/aromatic N) is 2. The van der Waals surface area contributed by atoms with Crippen molar-refractivity contribution in [2.45, 2.75) is 39.2 Å². The smallest absolute Gasteiger partial charge is 0.0947 e. The van der Waals surface area contributed by atoms with E-state index in [4.69, 9.17) is 5.73 Å². The van der Waals surface area contributed by atoms with Gasteiger partial charge in [0, 0.05) is 19.3 Å². The van der Waals surface area contributed by atoms with Crippen molar-refractivity contribution < 1.29 is 0 Å². The van der Waals surface area contributed by atoms with E-state index in [0.29, 0.717) is 0 Å². The van der Waals surface area contributed by atoms with Crippen LogP contribution in [0.15, 0.2) is 12.5 Å². The van der Waals surface area contributed by atoms with E-state index in [0.717, 1.165) is 18.0 Å². The second kappa shape index (κ2) is 5.15. The predicted octanol–water partition coefficient (Wildman–Crippen LogP) is 2.25. The molecule has 1 aromatic heterocycles. The number of aromatic nitrogens is 2. The van der Waals surface area contributed by atoms with E-state index in [1.54, 1.807) is 6.33 Å². The molecule has 1 heterocycles. The molecular formula is C11H21N3. The first-order chi connectivity index (χ1) is 6.59. The van der Waals surface area contributed by atoms with Crippen LogP contribution in [0.3, 0.4) is 0 Å². The molecular weight excluding hydrogens is 174 g/mol. The molecule has 0 aliphatic carbocycles. The third-order valence-corrected chi connectivity index (χ3v) is 2.40. The summed E-state index contributed by atoms with van der Waals surface area (Å²) in [6.45, 7) is 4.48.